The number of nitrogens with zero attached hydrogens (tertiary/aromatic N) is 4. The zero-order valence-corrected chi connectivity index (χ0v) is 15.4. The molecule has 1 N–H and O–H groups in total. The minimum atomic E-state index is -0.0303. The molecular formula is C20H19N5O3. The van der Waals surface area contributed by atoms with Gasteiger partial charge in [0.05, 0.1) is 24.8 Å². The van der Waals surface area contributed by atoms with Gasteiger partial charge in [-0.05, 0) is 35.4 Å². The lowest BCUT2D eigenvalue weighted by molar-refractivity contribution is 0.0298. The first-order chi connectivity index (χ1) is 13.7. The van der Waals surface area contributed by atoms with Gasteiger partial charge in [-0.25, -0.2) is 4.98 Å². The van der Waals surface area contributed by atoms with Crippen molar-refractivity contribution in [2.45, 2.75) is 0 Å². The summed E-state index contributed by atoms with van der Waals surface area (Å²) in [5, 5.41) is 7.96. The van der Waals surface area contributed by atoms with Gasteiger partial charge in [0.1, 0.15) is 11.3 Å². The Hall–Kier alpha value is -3.39. The number of carbonyl (C=O) groups excluding carboxylic acids is 1. The Bertz CT molecular complexity index is 1170. The normalized spacial score (nSPS) is 14.7. The van der Waals surface area contributed by atoms with Crippen molar-refractivity contribution < 1.29 is 14.1 Å². The third-order valence-electron chi connectivity index (χ3n) is 5.07. The van der Waals surface area contributed by atoms with Crippen molar-refractivity contribution in [2.75, 3.05) is 38.7 Å². The van der Waals surface area contributed by atoms with Gasteiger partial charge in [-0.15, -0.1) is 0 Å². The summed E-state index contributed by atoms with van der Waals surface area (Å²) in [4.78, 5) is 19.1. The van der Waals surface area contributed by atoms with Gasteiger partial charge in [-0.2, -0.15) is 0 Å². The number of fused-ring (bicyclic) bond motifs is 2. The fourth-order valence-corrected chi connectivity index (χ4v) is 3.54. The number of rotatable bonds is 3. The number of hydrogen-bond acceptors (Lipinski definition) is 6. The molecule has 1 aliphatic rings. The molecular weight excluding hydrogens is 358 g/mol. The SMILES string of the molecule is CNc1noc2cc(-c3ccc4ncc(C(=O)N5CCOCC5)n4c3)ccc12. The van der Waals surface area contributed by atoms with Crippen molar-refractivity contribution in [3.05, 3.63) is 48.4 Å². The summed E-state index contributed by atoms with van der Waals surface area (Å²) in [6, 6.07) is 9.84. The van der Waals surface area contributed by atoms with E-state index in [-0.39, 0.29) is 5.91 Å². The van der Waals surface area contributed by atoms with Gasteiger partial charge in [0.25, 0.3) is 5.91 Å². The third kappa shape index (κ3) is 2.69. The molecule has 0 saturated carbocycles. The maximum absolute atomic E-state index is 12.9. The molecule has 4 heterocycles. The molecule has 3 aromatic heterocycles. The number of morpholine rings is 1. The largest absolute Gasteiger partial charge is 0.378 e. The highest BCUT2D eigenvalue weighted by molar-refractivity contribution is 5.94. The summed E-state index contributed by atoms with van der Waals surface area (Å²) in [5.74, 6) is 0.683. The van der Waals surface area contributed by atoms with Gasteiger partial charge in [0, 0.05) is 26.3 Å². The van der Waals surface area contributed by atoms with Crippen LogP contribution in [-0.2, 0) is 4.74 Å². The van der Waals surface area contributed by atoms with E-state index in [1.165, 1.54) is 0 Å². The highest BCUT2D eigenvalue weighted by atomic mass is 16.5. The maximum atomic E-state index is 12.9. The quantitative estimate of drug-likeness (QED) is 0.591. The summed E-state index contributed by atoms with van der Waals surface area (Å²) in [6.45, 7) is 2.34. The molecule has 1 fully saturated rings. The van der Waals surface area contributed by atoms with Crippen LogP contribution >= 0.6 is 0 Å². The molecule has 8 nitrogen and oxygen atoms in total. The molecule has 0 aliphatic carbocycles. The van der Waals surface area contributed by atoms with Crippen LogP contribution in [0.25, 0.3) is 27.7 Å². The molecule has 8 heteroatoms. The molecule has 1 saturated heterocycles. The van der Waals surface area contributed by atoms with Crippen LogP contribution in [0.4, 0.5) is 5.82 Å². The molecule has 0 spiro atoms. The Labute approximate surface area is 160 Å². The van der Waals surface area contributed by atoms with Crippen LogP contribution in [0.15, 0.2) is 47.2 Å². The average molecular weight is 377 g/mol. The van der Waals surface area contributed by atoms with Gasteiger partial charge in [-0.3, -0.25) is 9.20 Å². The standard InChI is InChI=1S/C20H19N5O3/c1-21-19-15-4-2-13(10-17(15)28-23-19)14-3-5-18-22-11-16(25(18)12-14)20(26)24-6-8-27-9-7-24/h2-5,10-12H,6-9H2,1H3,(H,21,23). The molecule has 1 amide bonds. The molecule has 0 radical (unpaired) electrons. The second-order valence-corrected chi connectivity index (χ2v) is 6.69. The number of imidazole rings is 1. The number of pyridine rings is 1. The number of nitrogens with one attached hydrogen (secondary N) is 1. The summed E-state index contributed by atoms with van der Waals surface area (Å²) in [6.07, 6.45) is 3.57. The van der Waals surface area contributed by atoms with Crippen LogP contribution < -0.4 is 5.32 Å². The lowest BCUT2D eigenvalue weighted by Crippen LogP contribution is -2.41. The monoisotopic (exact) mass is 377 g/mol. The summed E-state index contributed by atoms with van der Waals surface area (Å²) < 4.78 is 12.6. The van der Waals surface area contributed by atoms with Gasteiger partial charge in [-0.1, -0.05) is 11.2 Å². The molecule has 1 aliphatic heterocycles. The summed E-state index contributed by atoms with van der Waals surface area (Å²) in [5.41, 5.74) is 3.94. The molecule has 0 atom stereocenters. The Morgan fingerprint density at radius 1 is 1.14 bits per heavy atom. The number of ether oxygens (including phenoxy) is 1. The van der Waals surface area contributed by atoms with E-state index in [1.807, 2.05) is 48.0 Å². The van der Waals surface area contributed by atoms with Gasteiger partial charge < -0.3 is 19.5 Å². The van der Waals surface area contributed by atoms with Crippen LogP contribution in [-0.4, -0.2) is 58.7 Å². The first-order valence-electron chi connectivity index (χ1n) is 9.16. The number of aromatic nitrogens is 3. The molecule has 1 aromatic carbocycles. The molecule has 5 rings (SSSR count). The summed E-state index contributed by atoms with van der Waals surface area (Å²) >= 11 is 0. The Kier molecular flexibility index (Phi) is 3.98. The lowest BCUT2D eigenvalue weighted by Gasteiger charge is -2.26. The predicted octanol–water partition coefficient (Wildman–Crippen LogP) is 2.66. The lowest BCUT2D eigenvalue weighted by atomic mass is 10.1. The van der Waals surface area contributed by atoms with Crippen LogP contribution in [0, 0.1) is 0 Å². The highest BCUT2D eigenvalue weighted by Crippen LogP contribution is 2.29. The predicted molar refractivity (Wildman–Crippen MR) is 104 cm³/mol. The smallest absolute Gasteiger partial charge is 0.272 e. The number of benzene rings is 1. The van der Waals surface area contributed by atoms with E-state index in [0.29, 0.717) is 43.4 Å². The Morgan fingerprint density at radius 3 is 2.79 bits per heavy atom. The number of amides is 1. The minimum Gasteiger partial charge on any atom is -0.378 e. The van der Waals surface area contributed by atoms with Crippen molar-refractivity contribution in [1.82, 2.24) is 19.4 Å². The second kappa shape index (κ2) is 6.65. The van der Waals surface area contributed by atoms with Gasteiger partial charge in [0.15, 0.2) is 11.4 Å². The molecule has 0 bridgehead atoms. The molecule has 142 valence electrons. The third-order valence-corrected chi connectivity index (χ3v) is 5.07. The minimum absolute atomic E-state index is 0.0303. The second-order valence-electron chi connectivity index (χ2n) is 6.69. The van der Waals surface area contributed by atoms with Crippen LogP contribution in [0.5, 0.6) is 0 Å². The average Bonchev–Trinajstić information content (AvgIpc) is 3.36. The fourth-order valence-electron chi connectivity index (χ4n) is 3.54. The highest BCUT2D eigenvalue weighted by Gasteiger charge is 2.22. The molecule has 0 unspecified atom stereocenters. The Morgan fingerprint density at radius 2 is 1.96 bits per heavy atom. The van der Waals surface area contributed by atoms with E-state index in [4.69, 9.17) is 9.26 Å². The molecule has 4 aromatic rings. The fraction of sp³-hybridized carbons (Fsp3) is 0.250. The maximum Gasteiger partial charge on any atom is 0.272 e. The van der Waals surface area contributed by atoms with E-state index in [2.05, 4.69) is 15.5 Å². The number of hydrogen-bond donors (Lipinski definition) is 1. The van der Waals surface area contributed by atoms with E-state index >= 15 is 0 Å². The van der Waals surface area contributed by atoms with Crippen LogP contribution in [0.1, 0.15) is 10.5 Å². The van der Waals surface area contributed by atoms with Crippen LogP contribution in [0.3, 0.4) is 0 Å². The van der Waals surface area contributed by atoms with Crippen molar-refractivity contribution in [2.24, 2.45) is 0 Å². The number of anilines is 1. The van der Waals surface area contributed by atoms with Crippen molar-refractivity contribution in [1.29, 1.82) is 0 Å². The van der Waals surface area contributed by atoms with E-state index < -0.39 is 0 Å². The van der Waals surface area contributed by atoms with Gasteiger partial charge >= 0.3 is 0 Å². The van der Waals surface area contributed by atoms with Crippen LogP contribution in [0.2, 0.25) is 0 Å². The summed E-state index contributed by atoms with van der Waals surface area (Å²) in [7, 11) is 1.81. The van der Waals surface area contributed by atoms with Crippen molar-refractivity contribution in [3.8, 4) is 11.1 Å². The Balaban J connectivity index is 1.55. The van der Waals surface area contributed by atoms with E-state index in [0.717, 1.165) is 22.2 Å². The zero-order valence-electron chi connectivity index (χ0n) is 15.4. The first kappa shape index (κ1) is 16.8. The zero-order chi connectivity index (χ0) is 19.1. The van der Waals surface area contributed by atoms with Gasteiger partial charge in [0.2, 0.25) is 0 Å². The van der Waals surface area contributed by atoms with E-state index in [1.54, 1.807) is 11.1 Å². The van der Waals surface area contributed by atoms with E-state index in [9.17, 15) is 4.79 Å². The van der Waals surface area contributed by atoms with Crippen molar-refractivity contribution in [3.63, 3.8) is 0 Å². The van der Waals surface area contributed by atoms with Crippen molar-refractivity contribution >= 4 is 28.3 Å². The first-order valence-corrected chi connectivity index (χ1v) is 9.16. The molecule has 28 heavy (non-hydrogen) atoms. The topological polar surface area (TPSA) is 84.9 Å². The number of carbonyl (C=O) groups is 1.